The van der Waals surface area contributed by atoms with Gasteiger partial charge in [0.05, 0.1) is 24.1 Å². The van der Waals surface area contributed by atoms with Gasteiger partial charge in [0.2, 0.25) is 0 Å². The summed E-state index contributed by atoms with van der Waals surface area (Å²) in [6.07, 6.45) is 1.72. The summed E-state index contributed by atoms with van der Waals surface area (Å²) in [5, 5.41) is 0. The lowest BCUT2D eigenvalue weighted by molar-refractivity contribution is -0.143. The van der Waals surface area contributed by atoms with Gasteiger partial charge in [-0.1, -0.05) is 6.07 Å². The third kappa shape index (κ3) is 1.71. The van der Waals surface area contributed by atoms with E-state index >= 15 is 0 Å². The van der Waals surface area contributed by atoms with Crippen LogP contribution in [0.1, 0.15) is 18.4 Å². The van der Waals surface area contributed by atoms with Crippen molar-refractivity contribution >= 4 is 21.9 Å². The molecule has 0 heterocycles. The van der Waals surface area contributed by atoms with Crippen molar-refractivity contribution in [2.24, 2.45) is 0 Å². The maximum absolute atomic E-state index is 11.7. The Morgan fingerprint density at radius 1 is 1.38 bits per heavy atom. The van der Waals surface area contributed by atoms with Crippen LogP contribution in [0.4, 0.5) is 0 Å². The smallest absolute Gasteiger partial charge is 0.316 e. The molecule has 0 radical (unpaired) electrons. The van der Waals surface area contributed by atoms with Gasteiger partial charge in [-0.2, -0.15) is 0 Å². The second-order valence-corrected chi connectivity index (χ2v) is 4.78. The molecular weight excluding hydrogens is 272 g/mol. The third-order valence-electron chi connectivity index (χ3n) is 3.03. The highest BCUT2D eigenvalue weighted by Gasteiger charge is 2.52. The van der Waals surface area contributed by atoms with Crippen LogP contribution < -0.4 is 4.74 Å². The molecule has 0 N–H and O–H groups in total. The number of ether oxygens (including phenoxy) is 2. The van der Waals surface area contributed by atoms with E-state index in [1.807, 2.05) is 18.2 Å². The number of benzene rings is 1. The Morgan fingerprint density at radius 2 is 2.06 bits per heavy atom. The number of hydrogen-bond acceptors (Lipinski definition) is 3. The summed E-state index contributed by atoms with van der Waals surface area (Å²) in [4.78, 5) is 11.7. The number of carbonyl (C=O) groups excluding carboxylic acids is 1. The number of carbonyl (C=O) groups is 1. The zero-order valence-electron chi connectivity index (χ0n) is 9.25. The Kier molecular flexibility index (Phi) is 2.93. The number of methoxy groups -OCH3 is 2. The molecule has 16 heavy (non-hydrogen) atoms. The number of hydrogen-bond donors (Lipinski definition) is 0. The van der Waals surface area contributed by atoms with E-state index in [1.165, 1.54) is 7.11 Å². The normalized spacial score (nSPS) is 16.7. The van der Waals surface area contributed by atoms with Gasteiger partial charge in [0.1, 0.15) is 5.75 Å². The molecule has 0 unspecified atom stereocenters. The Balaban J connectivity index is 2.35. The summed E-state index contributed by atoms with van der Waals surface area (Å²) in [5.74, 6) is 0.619. The molecule has 0 aromatic heterocycles. The van der Waals surface area contributed by atoms with Gasteiger partial charge >= 0.3 is 5.97 Å². The van der Waals surface area contributed by atoms with Crippen LogP contribution in [0.3, 0.4) is 0 Å². The molecule has 1 aromatic carbocycles. The molecular formula is C12H13BrO3. The van der Waals surface area contributed by atoms with E-state index in [0.29, 0.717) is 0 Å². The first kappa shape index (κ1) is 11.5. The quantitative estimate of drug-likeness (QED) is 0.801. The van der Waals surface area contributed by atoms with E-state index in [2.05, 4.69) is 15.9 Å². The summed E-state index contributed by atoms with van der Waals surface area (Å²) < 4.78 is 10.9. The highest BCUT2D eigenvalue weighted by Crippen LogP contribution is 2.50. The second-order valence-electron chi connectivity index (χ2n) is 3.92. The van der Waals surface area contributed by atoms with E-state index < -0.39 is 5.41 Å². The van der Waals surface area contributed by atoms with Crippen LogP contribution in [0.5, 0.6) is 5.75 Å². The van der Waals surface area contributed by atoms with Crippen molar-refractivity contribution in [3.8, 4) is 5.75 Å². The SMILES string of the molecule is COC(=O)C1(c2ccc(OC)c(Br)c2)CC1. The number of rotatable bonds is 3. The predicted molar refractivity (Wildman–Crippen MR) is 63.6 cm³/mol. The molecule has 1 aromatic rings. The Hall–Kier alpha value is -1.03. The van der Waals surface area contributed by atoms with Crippen LogP contribution in [0, 0.1) is 0 Å². The van der Waals surface area contributed by atoms with E-state index in [4.69, 9.17) is 9.47 Å². The molecule has 0 atom stereocenters. The van der Waals surface area contributed by atoms with Crippen LogP contribution in [-0.2, 0) is 14.9 Å². The minimum atomic E-state index is -0.413. The topological polar surface area (TPSA) is 35.5 Å². The van der Waals surface area contributed by atoms with E-state index in [-0.39, 0.29) is 5.97 Å². The lowest BCUT2D eigenvalue weighted by Gasteiger charge is -2.14. The molecule has 0 bridgehead atoms. The van der Waals surface area contributed by atoms with Gasteiger partial charge in [-0.05, 0) is 46.5 Å². The fourth-order valence-corrected chi connectivity index (χ4v) is 2.44. The molecule has 2 rings (SSSR count). The van der Waals surface area contributed by atoms with Gasteiger partial charge in [0.15, 0.2) is 0 Å². The fourth-order valence-electron chi connectivity index (χ4n) is 1.90. The van der Waals surface area contributed by atoms with Gasteiger partial charge in [-0.25, -0.2) is 0 Å². The van der Waals surface area contributed by atoms with Crippen molar-refractivity contribution in [2.75, 3.05) is 14.2 Å². The van der Waals surface area contributed by atoms with Gasteiger partial charge in [0, 0.05) is 0 Å². The molecule has 1 saturated carbocycles. The largest absolute Gasteiger partial charge is 0.496 e. The van der Waals surface area contributed by atoms with E-state index in [0.717, 1.165) is 28.6 Å². The molecule has 4 heteroatoms. The predicted octanol–water partition coefficient (Wildman–Crippen LogP) is 2.66. The first-order valence-electron chi connectivity index (χ1n) is 5.06. The van der Waals surface area contributed by atoms with Crippen molar-refractivity contribution in [3.63, 3.8) is 0 Å². The molecule has 1 fully saturated rings. The zero-order valence-corrected chi connectivity index (χ0v) is 10.8. The van der Waals surface area contributed by atoms with Crippen LogP contribution >= 0.6 is 15.9 Å². The highest BCUT2D eigenvalue weighted by atomic mass is 79.9. The van der Waals surface area contributed by atoms with Gasteiger partial charge < -0.3 is 9.47 Å². The van der Waals surface area contributed by atoms with Crippen molar-refractivity contribution in [3.05, 3.63) is 28.2 Å². The lowest BCUT2D eigenvalue weighted by Crippen LogP contribution is -2.21. The summed E-state index contributed by atoms with van der Waals surface area (Å²) in [6, 6.07) is 5.72. The molecule has 0 saturated heterocycles. The number of halogens is 1. The first-order chi connectivity index (χ1) is 7.64. The van der Waals surface area contributed by atoms with E-state index in [9.17, 15) is 4.79 Å². The lowest BCUT2D eigenvalue weighted by atomic mass is 9.96. The minimum Gasteiger partial charge on any atom is -0.496 e. The second kappa shape index (κ2) is 4.09. The standard InChI is InChI=1S/C12H13BrO3/c1-15-10-4-3-8(7-9(10)13)12(5-6-12)11(14)16-2/h3-4,7H,5-6H2,1-2H3. The van der Waals surface area contributed by atoms with Crippen LogP contribution in [0.2, 0.25) is 0 Å². The third-order valence-corrected chi connectivity index (χ3v) is 3.65. The van der Waals surface area contributed by atoms with Gasteiger partial charge in [-0.15, -0.1) is 0 Å². The van der Waals surface area contributed by atoms with Crippen molar-refractivity contribution in [1.29, 1.82) is 0 Å². The first-order valence-corrected chi connectivity index (χ1v) is 5.86. The van der Waals surface area contributed by atoms with Crippen molar-refractivity contribution in [2.45, 2.75) is 18.3 Å². The summed E-state index contributed by atoms with van der Waals surface area (Å²) >= 11 is 3.42. The summed E-state index contributed by atoms with van der Waals surface area (Å²) in [6.45, 7) is 0. The molecule has 0 aliphatic heterocycles. The molecule has 1 aliphatic carbocycles. The molecule has 3 nitrogen and oxygen atoms in total. The minimum absolute atomic E-state index is 0.149. The molecule has 1 aliphatic rings. The van der Waals surface area contributed by atoms with Gasteiger partial charge in [-0.3, -0.25) is 4.79 Å². The number of esters is 1. The van der Waals surface area contributed by atoms with E-state index in [1.54, 1.807) is 7.11 Å². The molecule has 0 amide bonds. The highest BCUT2D eigenvalue weighted by molar-refractivity contribution is 9.10. The van der Waals surface area contributed by atoms with Crippen molar-refractivity contribution < 1.29 is 14.3 Å². The summed E-state index contributed by atoms with van der Waals surface area (Å²) in [7, 11) is 3.05. The Labute approximate surface area is 103 Å². The summed E-state index contributed by atoms with van der Waals surface area (Å²) in [5.41, 5.74) is 0.579. The van der Waals surface area contributed by atoms with Crippen LogP contribution in [0.15, 0.2) is 22.7 Å². The molecule has 0 spiro atoms. The van der Waals surface area contributed by atoms with Crippen LogP contribution in [-0.4, -0.2) is 20.2 Å². The average molecular weight is 285 g/mol. The fraction of sp³-hybridized carbons (Fsp3) is 0.417. The average Bonchev–Trinajstić information content (AvgIpc) is 3.09. The maximum Gasteiger partial charge on any atom is 0.316 e. The van der Waals surface area contributed by atoms with Crippen LogP contribution in [0.25, 0.3) is 0 Å². The Morgan fingerprint density at radius 3 is 2.50 bits per heavy atom. The van der Waals surface area contributed by atoms with Crippen molar-refractivity contribution in [1.82, 2.24) is 0 Å². The maximum atomic E-state index is 11.7. The van der Waals surface area contributed by atoms with Gasteiger partial charge in [0.25, 0.3) is 0 Å². The monoisotopic (exact) mass is 284 g/mol. The zero-order chi connectivity index (χ0) is 11.8. The molecule has 86 valence electrons. The Bertz CT molecular complexity index is 424.